The molecule has 0 saturated carbocycles. The number of fused-ring (bicyclic) bond motifs is 6. The van der Waals surface area contributed by atoms with E-state index < -0.39 is 0 Å². The Labute approximate surface area is 345 Å². The third kappa shape index (κ3) is 5.63. The molecular weight excluding hydrogens is 713 g/mol. The Kier molecular flexibility index (Phi) is 8.20. The third-order valence-electron chi connectivity index (χ3n) is 12.4. The molecule has 9 aromatic carbocycles. The summed E-state index contributed by atoms with van der Waals surface area (Å²) in [6.07, 6.45) is 0. The van der Waals surface area contributed by atoms with E-state index in [2.05, 4.69) is 242 Å². The first-order valence-electron chi connectivity index (χ1n) is 20.5. The summed E-state index contributed by atoms with van der Waals surface area (Å²) in [7, 11) is 0. The molecule has 0 atom stereocenters. The number of anilines is 3. The van der Waals surface area contributed by atoms with Crippen LogP contribution in [-0.4, -0.2) is 4.57 Å². The first-order valence-corrected chi connectivity index (χ1v) is 20.5. The van der Waals surface area contributed by atoms with Crippen molar-refractivity contribution in [2.24, 2.45) is 0 Å². The van der Waals surface area contributed by atoms with E-state index in [0.29, 0.717) is 0 Å². The second-order valence-corrected chi connectivity index (χ2v) is 16.1. The van der Waals surface area contributed by atoms with E-state index in [9.17, 15) is 0 Å². The maximum absolute atomic E-state index is 2.53. The smallest absolute Gasteiger partial charge is 0.0562 e. The zero-order valence-electron chi connectivity index (χ0n) is 33.2. The second-order valence-electron chi connectivity index (χ2n) is 16.1. The molecule has 0 saturated heterocycles. The Bertz CT molecular complexity index is 3170. The summed E-state index contributed by atoms with van der Waals surface area (Å²) < 4.78 is 2.47. The van der Waals surface area contributed by atoms with Crippen molar-refractivity contribution in [2.75, 3.05) is 4.90 Å². The highest BCUT2D eigenvalue weighted by atomic mass is 15.2. The molecular formula is C57H42N2. The number of nitrogens with zero attached hydrogens (tertiary/aromatic N) is 2. The van der Waals surface area contributed by atoms with Gasteiger partial charge in [-0.25, -0.2) is 0 Å². The van der Waals surface area contributed by atoms with Gasteiger partial charge in [-0.05, 0) is 93.0 Å². The van der Waals surface area contributed by atoms with Crippen molar-refractivity contribution < 1.29 is 0 Å². The molecule has 0 radical (unpaired) electrons. The molecule has 0 N–H and O–H groups in total. The summed E-state index contributed by atoms with van der Waals surface area (Å²) >= 11 is 0. The van der Waals surface area contributed by atoms with Crippen LogP contribution in [0.5, 0.6) is 0 Å². The molecule has 11 rings (SSSR count). The Morgan fingerprint density at radius 1 is 0.373 bits per heavy atom. The first-order chi connectivity index (χ1) is 29.1. The quantitative estimate of drug-likeness (QED) is 0.157. The fourth-order valence-electron chi connectivity index (χ4n) is 9.61. The molecule has 0 fully saturated rings. The number of benzene rings is 9. The lowest BCUT2D eigenvalue weighted by atomic mass is 9.82. The first kappa shape index (κ1) is 34.8. The topological polar surface area (TPSA) is 8.17 Å². The van der Waals surface area contributed by atoms with Gasteiger partial charge in [0.15, 0.2) is 0 Å². The molecule has 1 aromatic heterocycles. The van der Waals surface area contributed by atoms with Gasteiger partial charge in [0.2, 0.25) is 0 Å². The standard InChI is InChI=1S/C57H42N2/c1-57(2)49-28-15-12-26-45(49)46-35-34-43(38-50(46)57)58(53-36-33-42(39-19-6-3-7-20-39)37-48(53)41-23-10-5-11-24-41)54-31-18-32-55-56(54)47-27-14-17-30-52(47)59(55)51-29-16-13-25-44(51)40-21-8-4-9-22-40/h3-38H,1-2H3. The molecule has 59 heavy (non-hydrogen) atoms. The maximum Gasteiger partial charge on any atom is 0.0562 e. The Balaban J connectivity index is 1.22. The fourth-order valence-corrected chi connectivity index (χ4v) is 9.61. The monoisotopic (exact) mass is 754 g/mol. The van der Waals surface area contributed by atoms with Crippen molar-refractivity contribution in [3.63, 3.8) is 0 Å². The lowest BCUT2D eigenvalue weighted by Gasteiger charge is -2.31. The van der Waals surface area contributed by atoms with E-state index in [1.807, 2.05) is 0 Å². The van der Waals surface area contributed by atoms with Gasteiger partial charge in [-0.2, -0.15) is 0 Å². The van der Waals surface area contributed by atoms with Gasteiger partial charge in [0, 0.05) is 33.0 Å². The normalized spacial score (nSPS) is 12.7. The average Bonchev–Trinajstić information content (AvgIpc) is 3.76. The van der Waals surface area contributed by atoms with Crippen molar-refractivity contribution in [2.45, 2.75) is 19.3 Å². The predicted octanol–water partition coefficient (Wildman–Crippen LogP) is 15.6. The predicted molar refractivity (Wildman–Crippen MR) is 249 cm³/mol. The average molecular weight is 755 g/mol. The van der Waals surface area contributed by atoms with Crippen molar-refractivity contribution in [3.8, 4) is 50.2 Å². The van der Waals surface area contributed by atoms with Gasteiger partial charge in [-0.1, -0.05) is 184 Å². The van der Waals surface area contributed by atoms with Crippen molar-refractivity contribution >= 4 is 38.9 Å². The van der Waals surface area contributed by atoms with Gasteiger partial charge in [-0.3, -0.25) is 0 Å². The van der Waals surface area contributed by atoms with Crippen molar-refractivity contribution in [3.05, 3.63) is 230 Å². The van der Waals surface area contributed by atoms with Crippen LogP contribution in [0.1, 0.15) is 25.0 Å². The molecule has 2 nitrogen and oxygen atoms in total. The zero-order chi connectivity index (χ0) is 39.5. The van der Waals surface area contributed by atoms with Crippen LogP contribution in [-0.2, 0) is 5.41 Å². The van der Waals surface area contributed by atoms with E-state index in [1.165, 1.54) is 71.9 Å². The number of rotatable bonds is 7. The number of aromatic nitrogens is 1. The van der Waals surface area contributed by atoms with Gasteiger partial charge in [0.25, 0.3) is 0 Å². The molecule has 0 spiro atoms. The SMILES string of the molecule is CC1(C)c2ccccc2-c2ccc(N(c3ccc(-c4ccccc4)cc3-c3ccccc3)c3cccc4c3c3ccccc3n4-c3ccccc3-c3ccccc3)cc21. The zero-order valence-corrected chi connectivity index (χ0v) is 33.2. The molecule has 0 aliphatic heterocycles. The summed E-state index contributed by atoms with van der Waals surface area (Å²) in [4.78, 5) is 2.53. The minimum Gasteiger partial charge on any atom is -0.309 e. The third-order valence-corrected chi connectivity index (χ3v) is 12.4. The van der Waals surface area contributed by atoms with E-state index in [1.54, 1.807) is 0 Å². The van der Waals surface area contributed by atoms with Crippen LogP contribution >= 0.6 is 0 Å². The summed E-state index contributed by atoms with van der Waals surface area (Å²) in [5, 5.41) is 2.42. The van der Waals surface area contributed by atoms with E-state index in [4.69, 9.17) is 0 Å². The number of hydrogen-bond acceptors (Lipinski definition) is 1. The maximum atomic E-state index is 2.53. The molecule has 1 aliphatic rings. The Morgan fingerprint density at radius 2 is 0.966 bits per heavy atom. The number of para-hydroxylation sites is 2. The van der Waals surface area contributed by atoms with Crippen LogP contribution in [0.2, 0.25) is 0 Å². The van der Waals surface area contributed by atoms with E-state index >= 15 is 0 Å². The lowest BCUT2D eigenvalue weighted by molar-refractivity contribution is 0.660. The van der Waals surface area contributed by atoms with Crippen LogP contribution in [0.25, 0.3) is 72.0 Å². The summed E-state index contributed by atoms with van der Waals surface area (Å²) in [6.45, 7) is 4.74. The highest BCUT2D eigenvalue weighted by Crippen LogP contribution is 2.53. The highest BCUT2D eigenvalue weighted by Gasteiger charge is 2.36. The van der Waals surface area contributed by atoms with Gasteiger partial charge < -0.3 is 9.47 Å². The van der Waals surface area contributed by atoms with Gasteiger partial charge >= 0.3 is 0 Å². The molecule has 280 valence electrons. The van der Waals surface area contributed by atoms with Crippen LogP contribution < -0.4 is 4.90 Å². The van der Waals surface area contributed by atoms with Crippen molar-refractivity contribution in [1.82, 2.24) is 4.57 Å². The summed E-state index contributed by atoms with van der Waals surface area (Å²) in [5.41, 5.74) is 19.2. The lowest BCUT2D eigenvalue weighted by Crippen LogP contribution is -2.17. The molecule has 1 heterocycles. The van der Waals surface area contributed by atoms with E-state index in [-0.39, 0.29) is 5.41 Å². The van der Waals surface area contributed by atoms with Crippen LogP contribution in [0.4, 0.5) is 17.1 Å². The largest absolute Gasteiger partial charge is 0.309 e. The van der Waals surface area contributed by atoms with Gasteiger partial charge in [0.1, 0.15) is 0 Å². The summed E-state index contributed by atoms with van der Waals surface area (Å²) in [5.74, 6) is 0. The molecule has 10 aromatic rings. The Morgan fingerprint density at radius 3 is 1.73 bits per heavy atom. The van der Waals surface area contributed by atoms with Crippen LogP contribution in [0.15, 0.2) is 218 Å². The molecule has 0 amide bonds. The molecule has 1 aliphatic carbocycles. The summed E-state index contributed by atoms with van der Waals surface area (Å²) in [6, 6.07) is 79.9. The molecule has 0 unspecified atom stereocenters. The number of hydrogen-bond donors (Lipinski definition) is 0. The second kappa shape index (κ2) is 13.9. The van der Waals surface area contributed by atoms with E-state index in [0.717, 1.165) is 28.3 Å². The van der Waals surface area contributed by atoms with Crippen LogP contribution in [0.3, 0.4) is 0 Å². The molecule has 2 heteroatoms. The van der Waals surface area contributed by atoms with Crippen LogP contribution in [0, 0.1) is 0 Å². The fraction of sp³-hybridized carbons (Fsp3) is 0.0526. The molecule has 0 bridgehead atoms. The highest BCUT2D eigenvalue weighted by molar-refractivity contribution is 6.17. The minimum absolute atomic E-state index is 0.157. The van der Waals surface area contributed by atoms with Gasteiger partial charge in [-0.15, -0.1) is 0 Å². The van der Waals surface area contributed by atoms with Crippen molar-refractivity contribution in [1.29, 1.82) is 0 Å². The minimum atomic E-state index is -0.157. The Hall–Kier alpha value is -7.42. The van der Waals surface area contributed by atoms with Gasteiger partial charge in [0.05, 0.1) is 28.1 Å².